The summed E-state index contributed by atoms with van der Waals surface area (Å²) < 4.78 is 5.93. The molecular weight excluding hydrogens is 170 g/mol. The first-order valence-electron chi connectivity index (χ1n) is 5.48. The van der Waals surface area contributed by atoms with Gasteiger partial charge in [0.2, 0.25) is 0 Å². The normalized spacial score (nSPS) is 9.93. The number of hydrogen-bond acceptors (Lipinski definition) is 1. The van der Waals surface area contributed by atoms with Gasteiger partial charge in [0.05, 0.1) is 0 Å². The van der Waals surface area contributed by atoms with E-state index in [-0.39, 0.29) is 6.92 Å². The quantitative estimate of drug-likeness (QED) is 0.645. The summed E-state index contributed by atoms with van der Waals surface area (Å²) in [6, 6.07) is 10.4. The average Bonchev–Trinajstić information content (AvgIpc) is 2.26. The zero-order chi connectivity index (χ0) is 10.4. The molecule has 1 nitrogen and oxygen atoms in total. The van der Waals surface area contributed by atoms with Gasteiger partial charge in [0.1, 0.15) is 0 Å². The summed E-state index contributed by atoms with van der Waals surface area (Å²) in [5, 5.41) is 0. The molecule has 0 atom stereocenters. The van der Waals surface area contributed by atoms with Gasteiger partial charge in [0.25, 0.3) is 6.92 Å². The minimum absolute atomic E-state index is 0.256. The van der Waals surface area contributed by atoms with Crippen LogP contribution in [0.3, 0.4) is 0 Å². The summed E-state index contributed by atoms with van der Waals surface area (Å²) in [5.41, 5.74) is 1.29. The minimum Gasteiger partial charge on any atom is -0.495 e. The van der Waals surface area contributed by atoms with Crippen molar-refractivity contribution in [3.8, 4) is 0 Å². The van der Waals surface area contributed by atoms with Crippen molar-refractivity contribution in [3.05, 3.63) is 30.3 Å². The van der Waals surface area contributed by atoms with Crippen molar-refractivity contribution in [2.24, 2.45) is 0 Å². The van der Waals surface area contributed by atoms with Crippen molar-refractivity contribution in [2.45, 2.75) is 33.3 Å². The summed E-state index contributed by atoms with van der Waals surface area (Å²) >= 11 is 0. The van der Waals surface area contributed by atoms with Gasteiger partial charge in [-0.05, 0) is 6.32 Å². The first-order chi connectivity index (χ1) is 6.77. The van der Waals surface area contributed by atoms with Crippen LogP contribution < -0.4 is 5.46 Å². The largest absolute Gasteiger partial charge is 0.495 e. The standard InChI is InChI=1S/C11H18B2O/c1-4-12(3)14-13(5-2)11-9-7-6-8-10-11/h6-10H,4-5H2,1-3H3. The van der Waals surface area contributed by atoms with Crippen molar-refractivity contribution in [2.75, 3.05) is 0 Å². The molecule has 0 unspecified atom stereocenters. The SMILES string of the molecule is CCB(C)OB(CC)c1ccccc1. The first kappa shape index (κ1) is 11.4. The molecule has 0 saturated heterocycles. The Kier molecular flexibility index (Phi) is 4.81. The second kappa shape index (κ2) is 5.92. The van der Waals surface area contributed by atoms with E-state index in [4.69, 9.17) is 4.57 Å². The van der Waals surface area contributed by atoms with E-state index in [9.17, 15) is 0 Å². The van der Waals surface area contributed by atoms with Gasteiger partial charge in [-0.1, -0.05) is 62.8 Å². The smallest absolute Gasteiger partial charge is 0.310 e. The van der Waals surface area contributed by atoms with Gasteiger partial charge in [-0.15, -0.1) is 0 Å². The lowest BCUT2D eigenvalue weighted by Crippen LogP contribution is -2.37. The van der Waals surface area contributed by atoms with E-state index >= 15 is 0 Å². The summed E-state index contributed by atoms with van der Waals surface area (Å²) in [7, 11) is 0. The first-order valence-corrected chi connectivity index (χ1v) is 5.48. The lowest BCUT2D eigenvalue weighted by atomic mass is 9.54. The van der Waals surface area contributed by atoms with Gasteiger partial charge in [-0.3, -0.25) is 0 Å². The Bertz CT molecular complexity index is 251. The molecule has 0 aliphatic heterocycles. The van der Waals surface area contributed by atoms with Crippen LogP contribution in [0.4, 0.5) is 0 Å². The summed E-state index contributed by atoms with van der Waals surface area (Å²) in [4.78, 5) is 0. The molecule has 0 N–H and O–H groups in total. The van der Waals surface area contributed by atoms with E-state index in [2.05, 4.69) is 44.9 Å². The van der Waals surface area contributed by atoms with Crippen molar-refractivity contribution < 1.29 is 4.57 Å². The third-order valence-electron chi connectivity index (χ3n) is 2.51. The van der Waals surface area contributed by atoms with Crippen molar-refractivity contribution in [1.82, 2.24) is 0 Å². The molecule has 0 fully saturated rings. The van der Waals surface area contributed by atoms with E-state index in [1.54, 1.807) is 0 Å². The van der Waals surface area contributed by atoms with E-state index in [1.807, 2.05) is 6.07 Å². The molecule has 0 spiro atoms. The van der Waals surface area contributed by atoms with Crippen LogP contribution in [0.2, 0.25) is 19.5 Å². The Morgan fingerprint density at radius 2 is 1.71 bits per heavy atom. The molecule has 1 rings (SSSR count). The molecule has 14 heavy (non-hydrogen) atoms. The molecule has 1 aromatic rings. The van der Waals surface area contributed by atoms with Gasteiger partial charge >= 0.3 is 6.92 Å². The molecule has 3 heteroatoms. The Labute approximate surface area is 88.1 Å². The highest BCUT2D eigenvalue weighted by Gasteiger charge is 2.19. The topological polar surface area (TPSA) is 9.23 Å². The molecule has 0 saturated carbocycles. The Hall–Kier alpha value is -0.690. The maximum Gasteiger partial charge on any atom is 0.310 e. The van der Waals surface area contributed by atoms with Crippen LogP contribution in [0, 0.1) is 0 Å². The zero-order valence-electron chi connectivity index (χ0n) is 9.36. The van der Waals surface area contributed by atoms with Gasteiger partial charge in [0.15, 0.2) is 0 Å². The van der Waals surface area contributed by atoms with E-state index < -0.39 is 0 Å². The summed E-state index contributed by atoms with van der Waals surface area (Å²) in [6.45, 7) is 7.06. The highest BCUT2D eigenvalue weighted by atomic mass is 16.4. The second-order valence-electron chi connectivity index (χ2n) is 3.66. The lowest BCUT2D eigenvalue weighted by molar-refractivity contribution is 0.599. The highest BCUT2D eigenvalue weighted by Crippen LogP contribution is 2.01. The highest BCUT2D eigenvalue weighted by molar-refractivity contribution is 6.74. The Morgan fingerprint density at radius 3 is 2.21 bits per heavy atom. The molecule has 0 bridgehead atoms. The second-order valence-corrected chi connectivity index (χ2v) is 3.66. The third-order valence-corrected chi connectivity index (χ3v) is 2.51. The minimum atomic E-state index is 0.256. The fraction of sp³-hybridized carbons (Fsp3) is 0.455. The lowest BCUT2D eigenvalue weighted by Gasteiger charge is -2.16. The molecule has 0 aliphatic rings. The molecule has 74 valence electrons. The fourth-order valence-corrected chi connectivity index (χ4v) is 1.45. The summed E-state index contributed by atoms with van der Waals surface area (Å²) in [5.74, 6) is 0. The van der Waals surface area contributed by atoms with E-state index in [0.29, 0.717) is 6.92 Å². The van der Waals surface area contributed by atoms with E-state index in [0.717, 1.165) is 12.6 Å². The average molecular weight is 188 g/mol. The molecule has 1 aromatic carbocycles. The molecular formula is C11H18B2O. The third kappa shape index (κ3) is 3.22. The molecule has 0 aromatic heterocycles. The number of rotatable bonds is 5. The van der Waals surface area contributed by atoms with Gasteiger partial charge in [0, 0.05) is 0 Å². The van der Waals surface area contributed by atoms with Crippen LogP contribution in [-0.2, 0) is 4.57 Å². The molecule has 0 radical (unpaired) electrons. The van der Waals surface area contributed by atoms with Crippen LogP contribution >= 0.6 is 0 Å². The predicted molar refractivity (Wildman–Crippen MR) is 65.5 cm³/mol. The number of hydrogen-bond donors (Lipinski definition) is 0. The zero-order valence-corrected chi connectivity index (χ0v) is 9.36. The fourth-order valence-electron chi connectivity index (χ4n) is 1.45. The maximum atomic E-state index is 5.93. The molecule has 0 amide bonds. The molecule has 0 heterocycles. The van der Waals surface area contributed by atoms with Gasteiger partial charge < -0.3 is 4.57 Å². The van der Waals surface area contributed by atoms with Crippen molar-refractivity contribution >= 4 is 19.3 Å². The van der Waals surface area contributed by atoms with Crippen LogP contribution in [0.1, 0.15) is 13.8 Å². The Balaban J connectivity index is 2.63. The van der Waals surface area contributed by atoms with Crippen molar-refractivity contribution in [3.63, 3.8) is 0 Å². The van der Waals surface area contributed by atoms with Crippen LogP contribution in [0.25, 0.3) is 0 Å². The van der Waals surface area contributed by atoms with E-state index in [1.165, 1.54) is 5.46 Å². The van der Waals surface area contributed by atoms with Gasteiger partial charge in [-0.2, -0.15) is 0 Å². The molecule has 0 aliphatic carbocycles. The monoisotopic (exact) mass is 188 g/mol. The number of benzene rings is 1. The van der Waals surface area contributed by atoms with Gasteiger partial charge in [-0.25, -0.2) is 0 Å². The van der Waals surface area contributed by atoms with Crippen LogP contribution in [0.5, 0.6) is 0 Å². The van der Waals surface area contributed by atoms with Crippen molar-refractivity contribution in [1.29, 1.82) is 0 Å². The predicted octanol–water partition coefficient (Wildman–Crippen LogP) is 2.56. The van der Waals surface area contributed by atoms with Crippen LogP contribution in [-0.4, -0.2) is 13.8 Å². The van der Waals surface area contributed by atoms with Crippen LogP contribution in [0.15, 0.2) is 30.3 Å². The Morgan fingerprint density at radius 1 is 1.07 bits per heavy atom. The maximum absolute atomic E-state index is 5.93. The summed E-state index contributed by atoms with van der Waals surface area (Å²) in [6.07, 6.45) is 2.11.